The molecule has 11 heavy (non-hydrogen) atoms. The molecule has 0 spiro atoms. The molecule has 0 radical (unpaired) electrons. The summed E-state index contributed by atoms with van der Waals surface area (Å²) in [5.41, 5.74) is 0. The van der Waals surface area contributed by atoms with E-state index in [0.717, 1.165) is 26.7 Å². The van der Waals surface area contributed by atoms with Gasteiger partial charge in [0.15, 0.2) is 0 Å². The molecular formula is C8H18O3. The molecule has 68 valence electrons. The zero-order valence-corrected chi connectivity index (χ0v) is 7.29. The van der Waals surface area contributed by atoms with Crippen LogP contribution < -0.4 is 0 Å². The fourth-order valence-corrected chi connectivity index (χ4v) is 1.60. The van der Waals surface area contributed by atoms with Gasteiger partial charge < -0.3 is 14.9 Å². The lowest BCUT2D eigenvalue weighted by molar-refractivity contribution is 0.0775. The molecule has 1 aliphatic heterocycles. The molecule has 3 nitrogen and oxygen atoms in total. The molecule has 0 amide bonds. The average molecular weight is 162 g/mol. The standard InChI is InChI=1S/C6H10O.2CH4O/c1-2-6-3-5(1)4-7-6;2*1-2/h5-6H,1-4H2;2*2H,1H3. The highest BCUT2D eigenvalue weighted by molar-refractivity contribution is 4.81. The van der Waals surface area contributed by atoms with Crippen LogP contribution in [0.4, 0.5) is 0 Å². The van der Waals surface area contributed by atoms with Gasteiger partial charge in [0.05, 0.1) is 6.10 Å². The van der Waals surface area contributed by atoms with Crippen LogP contribution >= 0.6 is 0 Å². The van der Waals surface area contributed by atoms with Crippen molar-refractivity contribution >= 4 is 0 Å². The molecule has 0 aromatic rings. The molecule has 2 aliphatic rings. The lowest BCUT2D eigenvalue weighted by Crippen LogP contribution is -2.05. The Kier molecular flexibility index (Phi) is 6.51. The van der Waals surface area contributed by atoms with Crippen LogP contribution in [0.3, 0.4) is 0 Å². The van der Waals surface area contributed by atoms with Crippen molar-refractivity contribution in [1.29, 1.82) is 0 Å². The van der Waals surface area contributed by atoms with Crippen LogP contribution in [-0.2, 0) is 4.74 Å². The Bertz CT molecular complexity index is 67.4. The molecule has 1 heterocycles. The predicted molar refractivity (Wildman–Crippen MR) is 43.4 cm³/mol. The molecule has 0 aromatic carbocycles. The van der Waals surface area contributed by atoms with Gasteiger partial charge in [-0.1, -0.05) is 0 Å². The van der Waals surface area contributed by atoms with Crippen LogP contribution in [0.1, 0.15) is 19.3 Å². The van der Waals surface area contributed by atoms with E-state index >= 15 is 0 Å². The van der Waals surface area contributed by atoms with E-state index in [9.17, 15) is 0 Å². The molecule has 1 saturated heterocycles. The van der Waals surface area contributed by atoms with Crippen LogP contribution in [0.15, 0.2) is 0 Å². The maximum atomic E-state index is 7.00. The van der Waals surface area contributed by atoms with Crippen molar-refractivity contribution in [2.45, 2.75) is 25.4 Å². The lowest BCUT2D eigenvalue weighted by Gasteiger charge is -2.07. The summed E-state index contributed by atoms with van der Waals surface area (Å²) in [6.07, 6.45) is 4.81. The first-order valence-electron chi connectivity index (χ1n) is 3.96. The number of hydrogen-bond acceptors (Lipinski definition) is 3. The van der Waals surface area contributed by atoms with E-state index in [0.29, 0.717) is 6.10 Å². The summed E-state index contributed by atoms with van der Waals surface area (Å²) >= 11 is 0. The fraction of sp³-hybridized carbons (Fsp3) is 1.00. The van der Waals surface area contributed by atoms with Gasteiger partial charge in [-0.2, -0.15) is 0 Å². The predicted octanol–water partition coefficient (Wildman–Crippen LogP) is 0.402. The van der Waals surface area contributed by atoms with Crippen molar-refractivity contribution < 1.29 is 14.9 Å². The van der Waals surface area contributed by atoms with Gasteiger partial charge in [-0.05, 0) is 25.2 Å². The minimum Gasteiger partial charge on any atom is -0.400 e. The normalized spacial score (nSPS) is 31.6. The van der Waals surface area contributed by atoms with Gasteiger partial charge in [-0.25, -0.2) is 0 Å². The summed E-state index contributed by atoms with van der Waals surface area (Å²) in [7, 11) is 2.00. The first-order chi connectivity index (χ1) is 5.45. The quantitative estimate of drug-likeness (QED) is 0.542. The number of rotatable bonds is 0. The highest BCUT2D eigenvalue weighted by atomic mass is 16.5. The average Bonchev–Trinajstić information content (AvgIpc) is 2.74. The number of aliphatic hydroxyl groups excluding tert-OH is 2. The van der Waals surface area contributed by atoms with Gasteiger partial charge in [0.1, 0.15) is 0 Å². The molecule has 0 aromatic heterocycles. The van der Waals surface area contributed by atoms with Crippen molar-refractivity contribution in [3.63, 3.8) is 0 Å². The van der Waals surface area contributed by atoms with E-state index < -0.39 is 0 Å². The van der Waals surface area contributed by atoms with Gasteiger partial charge in [-0.15, -0.1) is 0 Å². The summed E-state index contributed by atoms with van der Waals surface area (Å²) in [4.78, 5) is 0. The molecule has 1 aliphatic carbocycles. The van der Waals surface area contributed by atoms with E-state index in [1.54, 1.807) is 0 Å². The van der Waals surface area contributed by atoms with E-state index in [1.165, 1.54) is 19.3 Å². The van der Waals surface area contributed by atoms with Crippen LogP contribution in [-0.4, -0.2) is 37.1 Å². The Morgan fingerprint density at radius 2 is 1.73 bits per heavy atom. The maximum absolute atomic E-state index is 7.00. The molecule has 2 fully saturated rings. The van der Waals surface area contributed by atoms with Gasteiger partial charge in [0.25, 0.3) is 0 Å². The zero-order valence-electron chi connectivity index (χ0n) is 7.29. The van der Waals surface area contributed by atoms with Crippen LogP contribution in [0.25, 0.3) is 0 Å². The smallest absolute Gasteiger partial charge is 0.0578 e. The number of ether oxygens (including phenoxy) is 1. The molecule has 2 rings (SSSR count). The second kappa shape index (κ2) is 6.58. The number of hydrogen-bond donors (Lipinski definition) is 2. The molecular weight excluding hydrogens is 144 g/mol. The molecule has 2 N–H and O–H groups in total. The molecule has 1 saturated carbocycles. The monoisotopic (exact) mass is 162 g/mol. The second-order valence-corrected chi connectivity index (χ2v) is 2.63. The SMILES string of the molecule is C1CC2CC1CO2.CO.CO. The third-order valence-electron chi connectivity index (χ3n) is 2.06. The van der Waals surface area contributed by atoms with E-state index in [-0.39, 0.29) is 0 Å². The highest BCUT2D eigenvalue weighted by Gasteiger charge is 2.31. The first-order valence-corrected chi connectivity index (χ1v) is 3.96. The first kappa shape index (κ1) is 10.9. The molecule has 2 atom stereocenters. The number of aliphatic hydroxyl groups is 2. The minimum atomic E-state index is 0.671. The van der Waals surface area contributed by atoms with E-state index in [4.69, 9.17) is 14.9 Å². The third kappa shape index (κ3) is 3.18. The Morgan fingerprint density at radius 1 is 1.09 bits per heavy atom. The van der Waals surface area contributed by atoms with Crippen LogP contribution in [0.5, 0.6) is 0 Å². The zero-order chi connectivity index (χ0) is 8.69. The van der Waals surface area contributed by atoms with Crippen LogP contribution in [0, 0.1) is 5.92 Å². The Labute approximate surface area is 68.0 Å². The second-order valence-electron chi connectivity index (χ2n) is 2.63. The van der Waals surface area contributed by atoms with Gasteiger partial charge in [0.2, 0.25) is 0 Å². The van der Waals surface area contributed by atoms with E-state index in [2.05, 4.69) is 0 Å². The summed E-state index contributed by atoms with van der Waals surface area (Å²) in [6.45, 7) is 1.06. The number of fused-ring (bicyclic) bond motifs is 2. The highest BCUT2D eigenvalue weighted by Crippen LogP contribution is 2.34. The molecule has 2 bridgehead atoms. The van der Waals surface area contributed by atoms with Crippen molar-refractivity contribution in [2.24, 2.45) is 5.92 Å². The van der Waals surface area contributed by atoms with Gasteiger partial charge in [0, 0.05) is 20.8 Å². The van der Waals surface area contributed by atoms with Crippen molar-refractivity contribution in [2.75, 3.05) is 20.8 Å². The largest absolute Gasteiger partial charge is 0.400 e. The van der Waals surface area contributed by atoms with Crippen LogP contribution in [0.2, 0.25) is 0 Å². The van der Waals surface area contributed by atoms with Gasteiger partial charge >= 0.3 is 0 Å². The minimum absolute atomic E-state index is 0.671. The van der Waals surface area contributed by atoms with Crippen molar-refractivity contribution in [3.05, 3.63) is 0 Å². The molecule has 2 unspecified atom stereocenters. The Balaban J connectivity index is 0.000000222. The maximum Gasteiger partial charge on any atom is 0.0578 e. The summed E-state index contributed by atoms with van der Waals surface area (Å²) in [5, 5.41) is 14.0. The Morgan fingerprint density at radius 3 is 1.82 bits per heavy atom. The summed E-state index contributed by atoms with van der Waals surface area (Å²) in [5.74, 6) is 0.949. The Hall–Kier alpha value is -0.120. The van der Waals surface area contributed by atoms with Crippen molar-refractivity contribution in [1.82, 2.24) is 0 Å². The van der Waals surface area contributed by atoms with E-state index in [1.807, 2.05) is 0 Å². The lowest BCUT2D eigenvalue weighted by atomic mass is 10.1. The third-order valence-corrected chi connectivity index (χ3v) is 2.06. The van der Waals surface area contributed by atoms with Crippen molar-refractivity contribution in [3.8, 4) is 0 Å². The fourth-order valence-electron chi connectivity index (χ4n) is 1.60. The topological polar surface area (TPSA) is 49.7 Å². The molecule has 3 heteroatoms. The van der Waals surface area contributed by atoms with Gasteiger partial charge in [-0.3, -0.25) is 0 Å². The summed E-state index contributed by atoms with van der Waals surface area (Å²) in [6, 6.07) is 0. The summed E-state index contributed by atoms with van der Waals surface area (Å²) < 4.78 is 5.35.